The summed E-state index contributed by atoms with van der Waals surface area (Å²) in [5, 5.41) is 3.82. The Labute approximate surface area is 76.7 Å². The van der Waals surface area contributed by atoms with Crippen LogP contribution in [0.15, 0.2) is 30.3 Å². The lowest BCUT2D eigenvalue weighted by atomic mass is 10.3. The van der Waals surface area contributed by atoms with Crippen LogP contribution in [0.3, 0.4) is 0 Å². The smallest absolute Gasteiger partial charge is 0.409 e. The minimum absolute atomic E-state index is 0.219. The number of para-hydroxylation sites is 1. The minimum Gasteiger partial charge on any atom is -0.409 e. The van der Waals surface area contributed by atoms with Crippen LogP contribution < -0.4 is 10.1 Å². The highest BCUT2D eigenvalue weighted by molar-refractivity contribution is 5.70. The summed E-state index contributed by atoms with van der Waals surface area (Å²) in [5.74, 6) is 0.553. The zero-order valence-corrected chi connectivity index (χ0v) is 7.14. The average Bonchev–Trinajstić information content (AvgIpc) is 2.90. The lowest BCUT2D eigenvalue weighted by Crippen LogP contribution is -2.21. The zero-order valence-electron chi connectivity index (χ0n) is 7.14. The van der Waals surface area contributed by atoms with Crippen LogP contribution in [-0.4, -0.2) is 12.1 Å². The number of carbonyl (C=O) groups is 1. The van der Waals surface area contributed by atoms with E-state index in [1.54, 1.807) is 12.1 Å². The molecule has 1 aliphatic carbocycles. The van der Waals surface area contributed by atoms with Gasteiger partial charge in [-0.15, -0.1) is 0 Å². The fourth-order valence-electron chi connectivity index (χ4n) is 0.968. The van der Waals surface area contributed by atoms with Gasteiger partial charge in [-0.2, -0.15) is 0 Å². The predicted octanol–water partition coefficient (Wildman–Crippen LogP) is 1.95. The van der Waals surface area contributed by atoms with Crippen molar-refractivity contribution < 1.29 is 9.53 Å². The highest BCUT2D eigenvalue weighted by atomic mass is 16.6. The third-order valence-electron chi connectivity index (χ3n) is 1.78. The first-order valence-electron chi connectivity index (χ1n) is 4.32. The minimum atomic E-state index is -0.478. The van der Waals surface area contributed by atoms with E-state index in [0.29, 0.717) is 5.75 Å². The normalized spacial score (nSPS) is 15.1. The molecular formula is C10H10NO2. The SMILES string of the molecule is O=C([N]C1CC1)Oc1ccccc1. The summed E-state index contributed by atoms with van der Waals surface area (Å²) in [6, 6.07) is 9.20. The van der Waals surface area contributed by atoms with Crippen LogP contribution in [0.5, 0.6) is 5.75 Å². The monoisotopic (exact) mass is 176 g/mol. The largest absolute Gasteiger partial charge is 0.434 e. The molecule has 0 heterocycles. The number of ether oxygens (including phenoxy) is 1. The zero-order chi connectivity index (χ0) is 9.10. The van der Waals surface area contributed by atoms with Crippen LogP contribution in [0.25, 0.3) is 0 Å². The second kappa shape index (κ2) is 3.47. The van der Waals surface area contributed by atoms with E-state index in [1.807, 2.05) is 18.2 Å². The highest BCUT2D eigenvalue weighted by Gasteiger charge is 2.26. The molecule has 67 valence electrons. The number of hydrogen-bond acceptors (Lipinski definition) is 2. The van der Waals surface area contributed by atoms with E-state index in [1.165, 1.54) is 0 Å². The summed E-state index contributed by atoms with van der Waals surface area (Å²) < 4.78 is 4.96. The van der Waals surface area contributed by atoms with Crippen LogP contribution in [0.1, 0.15) is 12.8 Å². The van der Waals surface area contributed by atoms with Gasteiger partial charge in [0.25, 0.3) is 0 Å². The van der Waals surface area contributed by atoms with Crippen LogP contribution in [0.2, 0.25) is 0 Å². The second-order valence-corrected chi connectivity index (χ2v) is 3.04. The van der Waals surface area contributed by atoms with Gasteiger partial charge in [-0.25, -0.2) is 10.1 Å². The molecule has 1 saturated carbocycles. The van der Waals surface area contributed by atoms with Gasteiger partial charge in [0.1, 0.15) is 5.75 Å². The number of rotatable bonds is 2. The van der Waals surface area contributed by atoms with Crippen molar-refractivity contribution in [3.05, 3.63) is 30.3 Å². The van der Waals surface area contributed by atoms with Crippen LogP contribution in [-0.2, 0) is 0 Å². The molecule has 0 N–H and O–H groups in total. The Morgan fingerprint density at radius 3 is 2.62 bits per heavy atom. The van der Waals surface area contributed by atoms with Gasteiger partial charge in [-0.1, -0.05) is 18.2 Å². The highest BCUT2D eigenvalue weighted by Crippen LogP contribution is 2.20. The molecule has 0 unspecified atom stereocenters. The van der Waals surface area contributed by atoms with E-state index in [-0.39, 0.29) is 6.04 Å². The van der Waals surface area contributed by atoms with Crippen molar-refractivity contribution in [2.75, 3.05) is 0 Å². The summed E-state index contributed by atoms with van der Waals surface area (Å²) in [7, 11) is 0. The van der Waals surface area contributed by atoms with E-state index in [2.05, 4.69) is 5.32 Å². The summed E-state index contributed by atoms with van der Waals surface area (Å²) in [5.41, 5.74) is 0. The topological polar surface area (TPSA) is 40.4 Å². The van der Waals surface area contributed by atoms with Gasteiger partial charge >= 0.3 is 6.09 Å². The van der Waals surface area contributed by atoms with E-state index in [9.17, 15) is 4.79 Å². The Hall–Kier alpha value is -1.51. The van der Waals surface area contributed by atoms with Crippen molar-refractivity contribution in [2.45, 2.75) is 18.9 Å². The van der Waals surface area contributed by atoms with E-state index in [4.69, 9.17) is 4.74 Å². The van der Waals surface area contributed by atoms with Gasteiger partial charge in [-0.05, 0) is 25.0 Å². The molecule has 0 spiro atoms. The third kappa shape index (κ3) is 2.47. The maximum absolute atomic E-state index is 11.1. The maximum atomic E-state index is 11.1. The van der Waals surface area contributed by atoms with Crippen molar-refractivity contribution in [2.24, 2.45) is 0 Å². The quantitative estimate of drug-likeness (QED) is 0.691. The lowest BCUT2D eigenvalue weighted by molar-refractivity contribution is 0.199. The van der Waals surface area contributed by atoms with Crippen molar-refractivity contribution in [3.8, 4) is 5.75 Å². The fraction of sp³-hybridized carbons (Fsp3) is 0.300. The van der Waals surface area contributed by atoms with Gasteiger partial charge < -0.3 is 4.74 Å². The molecule has 3 nitrogen and oxygen atoms in total. The molecule has 0 bridgehead atoms. The summed E-state index contributed by atoms with van der Waals surface area (Å²) in [4.78, 5) is 11.1. The third-order valence-corrected chi connectivity index (χ3v) is 1.78. The first-order valence-corrected chi connectivity index (χ1v) is 4.32. The standard InChI is InChI=1S/C10H10NO2/c12-10(11-8-6-7-8)13-9-4-2-1-3-5-9/h1-5,8H,6-7H2. The molecule has 13 heavy (non-hydrogen) atoms. The molecule has 1 aromatic rings. The van der Waals surface area contributed by atoms with Crippen molar-refractivity contribution in [1.29, 1.82) is 0 Å². The Balaban J connectivity index is 1.86. The molecule has 1 aliphatic rings. The van der Waals surface area contributed by atoms with Crippen LogP contribution in [0, 0.1) is 0 Å². The van der Waals surface area contributed by atoms with Crippen molar-refractivity contribution in [3.63, 3.8) is 0 Å². The number of amides is 1. The van der Waals surface area contributed by atoms with E-state index in [0.717, 1.165) is 12.8 Å². The average molecular weight is 176 g/mol. The fourth-order valence-corrected chi connectivity index (χ4v) is 0.968. The summed E-state index contributed by atoms with van der Waals surface area (Å²) in [6.45, 7) is 0. The first-order chi connectivity index (χ1) is 6.34. The van der Waals surface area contributed by atoms with E-state index < -0.39 is 6.09 Å². The Kier molecular flexibility index (Phi) is 2.17. The molecule has 1 fully saturated rings. The molecule has 0 aromatic heterocycles. The number of carbonyl (C=O) groups excluding carboxylic acids is 1. The molecular weight excluding hydrogens is 166 g/mol. The van der Waals surface area contributed by atoms with Crippen molar-refractivity contribution in [1.82, 2.24) is 5.32 Å². The van der Waals surface area contributed by atoms with Crippen LogP contribution in [0.4, 0.5) is 4.79 Å². The van der Waals surface area contributed by atoms with Gasteiger partial charge in [-0.3, -0.25) is 0 Å². The first kappa shape index (κ1) is 8.10. The lowest BCUT2D eigenvalue weighted by Gasteiger charge is -2.01. The molecule has 0 aliphatic heterocycles. The molecule has 0 atom stereocenters. The van der Waals surface area contributed by atoms with Crippen molar-refractivity contribution >= 4 is 6.09 Å². The van der Waals surface area contributed by atoms with Crippen LogP contribution >= 0.6 is 0 Å². The second-order valence-electron chi connectivity index (χ2n) is 3.04. The van der Waals surface area contributed by atoms with Gasteiger partial charge in [0, 0.05) is 0 Å². The molecule has 3 heteroatoms. The molecule has 1 aromatic carbocycles. The number of benzene rings is 1. The summed E-state index contributed by atoms with van der Waals surface area (Å²) >= 11 is 0. The van der Waals surface area contributed by atoms with E-state index >= 15 is 0 Å². The Morgan fingerprint density at radius 2 is 2.00 bits per heavy atom. The summed E-state index contributed by atoms with van der Waals surface area (Å²) in [6.07, 6.45) is 1.56. The molecule has 1 radical (unpaired) electrons. The van der Waals surface area contributed by atoms with Gasteiger partial charge in [0.2, 0.25) is 0 Å². The number of nitrogens with zero attached hydrogens (tertiary/aromatic N) is 1. The maximum Gasteiger partial charge on any atom is 0.434 e. The number of hydrogen-bond donors (Lipinski definition) is 0. The molecule has 1 amide bonds. The molecule has 2 rings (SSSR count). The predicted molar refractivity (Wildman–Crippen MR) is 47.6 cm³/mol. The van der Waals surface area contributed by atoms with Gasteiger partial charge in [0.05, 0.1) is 6.04 Å². The molecule has 0 saturated heterocycles. The van der Waals surface area contributed by atoms with Gasteiger partial charge in [0.15, 0.2) is 0 Å². The Bertz CT molecular complexity index is 293. The Morgan fingerprint density at radius 1 is 1.31 bits per heavy atom.